The summed E-state index contributed by atoms with van der Waals surface area (Å²) in [6, 6.07) is 1.75. The fourth-order valence-corrected chi connectivity index (χ4v) is 5.32. The predicted molar refractivity (Wildman–Crippen MR) is 129 cm³/mol. The molecule has 1 aliphatic carbocycles. The van der Waals surface area contributed by atoms with E-state index in [-0.39, 0.29) is 17.2 Å². The molecule has 0 saturated heterocycles. The van der Waals surface area contributed by atoms with Gasteiger partial charge >= 0.3 is 0 Å². The third kappa shape index (κ3) is 7.11. The minimum Gasteiger partial charge on any atom is -0.494 e. The van der Waals surface area contributed by atoms with Crippen molar-refractivity contribution in [3.8, 4) is 11.8 Å². The Hall–Kier alpha value is -1.28. The molecule has 0 spiro atoms. The summed E-state index contributed by atoms with van der Waals surface area (Å²) >= 11 is 0. The largest absolute Gasteiger partial charge is 0.494 e. The number of rotatable bonds is 14. The zero-order chi connectivity index (χ0) is 23.3. The van der Waals surface area contributed by atoms with Gasteiger partial charge in [0.15, 0.2) is 11.8 Å². The standard InChI is InChI=1S/C24H47N5O2/c1-22(2,3)19-16-24(19,6)17-23(4,5)18-15-20(30)29(21(18)31)14-13-28-12-11-27-10-9-26-8-7-25/h15,19,26-28,30-31H,7-14,16-17,25H2,1-6H3. The molecule has 180 valence electrons. The predicted octanol–water partition coefficient (Wildman–Crippen LogP) is 2.37. The van der Waals surface area contributed by atoms with Crippen LogP contribution in [-0.2, 0) is 12.0 Å². The summed E-state index contributed by atoms with van der Waals surface area (Å²) in [5, 5.41) is 31.3. The molecule has 1 aromatic heterocycles. The van der Waals surface area contributed by atoms with Crippen molar-refractivity contribution >= 4 is 0 Å². The van der Waals surface area contributed by atoms with Gasteiger partial charge in [0.25, 0.3) is 0 Å². The lowest BCUT2D eigenvalue weighted by atomic mass is 9.73. The highest BCUT2D eigenvalue weighted by molar-refractivity contribution is 5.41. The summed E-state index contributed by atoms with van der Waals surface area (Å²) in [5.41, 5.74) is 6.69. The zero-order valence-corrected chi connectivity index (χ0v) is 20.6. The second-order valence-corrected chi connectivity index (χ2v) is 11.3. The molecule has 0 radical (unpaired) electrons. The van der Waals surface area contributed by atoms with Crippen molar-refractivity contribution in [1.29, 1.82) is 0 Å². The summed E-state index contributed by atoms with van der Waals surface area (Å²) < 4.78 is 1.62. The van der Waals surface area contributed by atoms with Crippen LogP contribution < -0.4 is 21.7 Å². The number of nitrogens with two attached hydrogens (primary N) is 1. The Morgan fingerprint density at radius 2 is 1.55 bits per heavy atom. The number of hydrogen-bond donors (Lipinski definition) is 6. The first-order valence-electron chi connectivity index (χ1n) is 11.9. The lowest BCUT2D eigenvalue weighted by molar-refractivity contribution is 0.248. The van der Waals surface area contributed by atoms with E-state index in [0.29, 0.717) is 36.4 Å². The lowest BCUT2D eigenvalue weighted by Gasteiger charge is -2.31. The van der Waals surface area contributed by atoms with Gasteiger partial charge in [-0.3, -0.25) is 4.57 Å². The van der Waals surface area contributed by atoms with Crippen molar-refractivity contribution in [2.24, 2.45) is 22.5 Å². The van der Waals surface area contributed by atoms with Crippen LogP contribution in [0.5, 0.6) is 11.8 Å². The molecule has 31 heavy (non-hydrogen) atoms. The number of hydrogen-bond acceptors (Lipinski definition) is 6. The molecular weight excluding hydrogens is 390 g/mol. The van der Waals surface area contributed by atoms with E-state index in [0.717, 1.165) is 44.7 Å². The van der Waals surface area contributed by atoms with E-state index in [1.165, 1.54) is 6.42 Å². The van der Waals surface area contributed by atoms with Crippen LogP contribution in [0.4, 0.5) is 0 Å². The summed E-state index contributed by atoms with van der Waals surface area (Å²) in [5.74, 6) is 1.04. The van der Waals surface area contributed by atoms with E-state index in [1.54, 1.807) is 10.6 Å². The van der Waals surface area contributed by atoms with Gasteiger partial charge in [0, 0.05) is 64.0 Å². The van der Waals surface area contributed by atoms with Gasteiger partial charge in [-0.05, 0) is 35.0 Å². The average Bonchev–Trinajstić information content (AvgIpc) is 3.25. The maximum Gasteiger partial charge on any atom is 0.197 e. The third-order valence-electron chi connectivity index (χ3n) is 6.81. The molecule has 1 fully saturated rings. The first-order chi connectivity index (χ1) is 14.4. The minimum atomic E-state index is -0.198. The molecule has 1 aromatic rings. The van der Waals surface area contributed by atoms with Crippen molar-refractivity contribution in [2.75, 3.05) is 45.8 Å². The van der Waals surface area contributed by atoms with Crippen LogP contribution in [-0.4, -0.2) is 60.6 Å². The minimum absolute atomic E-state index is 0.139. The number of aromatic hydroxyl groups is 2. The van der Waals surface area contributed by atoms with Crippen molar-refractivity contribution in [2.45, 2.75) is 66.3 Å². The summed E-state index contributed by atoms with van der Waals surface area (Å²) in [7, 11) is 0. The van der Waals surface area contributed by atoms with Crippen LogP contribution in [0.2, 0.25) is 0 Å². The maximum atomic E-state index is 10.9. The van der Waals surface area contributed by atoms with Gasteiger partial charge in [-0.1, -0.05) is 41.5 Å². The molecule has 0 amide bonds. The van der Waals surface area contributed by atoms with Gasteiger partial charge < -0.3 is 31.9 Å². The molecule has 2 unspecified atom stereocenters. The Bertz CT molecular complexity index is 695. The zero-order valence-electron chi connectivity index (χ0n) is 20.6. The summed E-state index contributed by atoms with van der Waals surface area (Å²) in [6.07, 6.45) is 2.23. The Morgan fingerprint density at radius 1 is 1.00 bits per heavy atom. The van der Waals surface area contributed by atoms with Gasteiger partial charge in [-0.25, -0.2) is 0 Å². The Balaban J connectivity index is 1.81. The molecule has 0 bridgehead atoms. The normalized spacial score (nSPS) is 21.6. The molecule has 7 heteroatoms. The molecule has 7 N–H and O–H groups in total. The fourth-order valence-electron chi connectivity index (χ4n) is 5.32. The summed E-state index contributed by atoms with van der Waals surface area (Å²) in [4.78, 5) is 0. The number of nitrogens with zero attached hydrogens (tertiary/aromatic N) is 1. The molecule has 0 aliphatic heterocycles. The van der Waals surface area contributed by atoms with Gasteiger partial charge in [0.1, 0.15) is 0 Å². The van der Waals surface area contributed by atoms with Crippen molar-refractivity contribution < 1.29 is 10.2 Å². The second kappa shape index (κ2) is 10.6. The quantitative estimate of drug-likeness (QED) is 0.250. The first-order valence-corrected chi connectivity index (χ1v) is 11.9. The van der Waals surface area contributed by atoms with Crippen LogP contribution in [0.15, 0.2) is 6.07 Å². The molecule has 2 atom stereocenters. The topological polar surface area (TPSA) is 108 Å². The molecule has 1 heterocycles. The van der Waals surface area contributed by atoms with E-state index in [9.17, 15) is 10.2 Å². The van der Waals surface area contributed by atoms with Crippen LogP contribution in [0.25, 0.3) is 0 Å². The Morgan fingerprint density at radius 3 is 2.06 bits per heavy atom. The number of aromatic nitrogens is 1. The first kappa shape index (κ1) is 26.0. The third-order valence-corrected chi connectivity index (χ3v) is 6.81. The van der Waals surface area contributed by atoms with Crippen LogP contribution in [0, 0.1) is 16.7 Å². The van der Waals surface area contributed by atoms with Crippen LogP contribution >= 0.6 is 0 Å². The Kier molecular flexibility index (Phi) is 8.85. The van der Waals surface area contributed by atoms with E-state index in [4.69, 9.17) is 5.73 Å². The van der Waals surface area contributed by atoms with Gasteiger partial charge in [0.05, 0.1) is 0 Å². The molecule has 7 nitrogen and oxygen atoms in total. The summed E-state index contributed by atoms with van der Waals surface area (Å²) in [6.45, 7) is 19.9. The van der Waals surface area contributed by atoms with Gasteiger partial charge in [0.2, 0.25) is 0 Å². The van der Waals surface area contributed by atoms with E-state index in [1.807, 2.05) is 0 Å². The number of nitrogens with one attached hydrogen (secondary N) is 3. The fraction of sp³-hybridized carbons (Fsp3) is 0.833. The van der Waals surface area contributed by atoms with Crippen LogP contribution in [0.3, 0.4) is 0 Å². The van der Waals surface area contributed by atoms with E-state index in [2.05, 4.69) is 57.5 Å². The monoisotopic (exact) mass is 437 g/mol. The highest BCUT2D eigenvalue weighted by Crippen LogP contribution is 2.65. The average molecular weight is 438 g/mol. The van der Waals surface area contributed by atoms with Crippen LogP contribution in [0.1, 0.15) is 59.9 Å². The maximum absolute atomic E-state index is 10.9. The van der Waals surface area contributed by atoms with E-state index < -0.39 is 0 Å². The van der Waals surface area contributed by atoms with Gasteiger partial charge in [-0.2, -0.15) is 0 Å². The SMILES string of the molecule is CC(C)(CC1(C)CC1C(C)(C)C)c1cc(O)n(CCNCCNCCNCCN)c1O. The van der Waals surface area contributed by atoms with Crippen molar-refractivity contribution in [3.05, 3.63) is 11.6 Å². The lowest BCUT2D eigenvalue weighted by Crippen LogP contribution is -2.34. The van der Waals surface area contributed by atoms with Gasteiger partial charge in [-0.15, -0.1) is 0 Å². The molecular formula is C24H47N5O2. The molecule has 0 aromatic carbocycles. The second-order valence-electron chi connectivity index (χ2n) is 11.3. The molecule has 1 aliphatic rings. The highest BCUT2D eigenvalue weighted by atomic mass is 16.3. The Labute approximate surface area is 189 Å². The smallest absolute Gasteiger partial charge is 0.197 e. The van der Waals surface area contributed by atoms with Crippen molar-refractivity contribution in [1.82, 2.24) is 20.5 Å². The highest BCUT2D eigenvalue weighted by Gasteiger charge is 2.57. The van der Waals surface area contributed by atoms with Crippen molar-refractivity contribution in [3.63, 3.8) is 0 Å². The van der Waals surface area contributed by atoms with E-state index >= 15 is 0 Å². The molecule has 1 saturated carbocycles. The molecule has 2 rings (SSSR count).